The van der Waals surface area contributed by atoms with E-state index < -0.39 is 17.6 Å². The topological polar surface area (TPSA) is 71.1 Å². The van der Waals surface area contributed by atoms with Crippen LogP contribution in [0.4, 0.5) is 18.9 Å². The summed E-state index contributed by atoms with van der Waals surface area (Å²) in [6.07, 6.45) is -2.79. The number of pyridine rings is 1. The SMILES string of the molecule is O=C(NCc1ccccn1)c1ccc(NC(=O)c2ccccc2-c2ccc(C(F)(F)F)cc2)cc1. The van der Waals surface area contributed by atoms with Crippen molar-refractivity contribution in [1.82, 2.24) is 10.3 Å². The van der Waals surface area contributed by atoms with E-state index in [0.29, 0.717) is 34.5 Å². The molecule has 0 bridgehead atoms. The molecule has 1 heterocycles. The number of amides is 2. The van der Waals surface area contributed by atoms with Crippen molar-refractivity contribution < 1.29 is 22.8 Å². The fourth-order valence-corrected chi connectivity index (χ4v) is 3.45. The van der Waals surface area contributed by atoms with Gasteiger partial charge in [0, 0.05) is 23.0 Å². The molecule has 3 aromatic carbocycles. The van der Waals surface area contributed by atoms with Gasteiger partial charge in [-0.1, -0.05) is 36.4 Å². The number of rotatable bonds is 6. The molecule has 5 nitrogen and oxygen atoms in total. The summed E-state index contributed by atoms with van der Waals surface area (Å²) < 4.78 is 38.6. The molecule has 2 N–H and O–H groups in total. The van der Waals surface area contributed by atoms with Crippen molar-refractivity contribution in [3.05, 3.63) is 120 Å². The average Bonchev–Trinajstić information content (AvgIpc) is 2.88. The Kier molecular flexibility index (Phi) is 6.91. The normalized spacial score (nSPS) is 11.1. The lowest BCUT2D eigenvalue weighted by Crippen LogP contribution is -2.23. The number of nitrogens with zero attached hydrogens (tertiary/aromatic N) is 1. The van der Waals surface area contributed by atoms with Gasteiger partial charge in [0.2, 0.25) is 0 Å². The first-order valence-electron chi connectivity index (χ1n) is 10.7. The van der Waals surface area contributed by atoms with Crippen molar-refractivity contribution in [2.75, 3.05) is 5.32 Å². The Bertz CT molecular complexity index is 1320. The number of benzene rings is 3. The predicted octanol–water partition coefficient (Wildman–Crippen LogP) is 5.95. The van der Waals surface area contributed by atoms with Gasteiger partial charge in [-0.05, 0) is 65.7 Å². The first-order chi connectivity index (χ1) is 16.8. The molecular formula is C27H20F3N3O2. The highest BCUT2D eigenvalue weighted by Crippen LogP contribution is 2.32. The lowest BCUT2D eigenvalue weighted by molar-refractivity contribution is -0.137. The van der Waals surface area contributed by atoms with E-state index in [2.05, 4.69) is 15.6 Å². The maximum atomic E-state index is 12.9. The number of anilines is 1. The van der Waals surface area contributed by atoms with E-state index in [1.807, 2.05) is 6.07 Å². The molecule has 0 spiro atoms. The van der Waals surface area contributed by atoms with Crippen LogP contribution in [0.2, 0.25) is 0 Å². The molecule has 35 heavy (non-hydrogen) atoms. The molecule has 0 atom stereocenters. The molecule has 0 saturated carbocycles. The van der Waals surface area contributed by atoms with Gasteiger partial charge in [-0.2, -0.15) is 13.2 Å². The number of aromatic nitrogens is 1. The number of alkyl halides is 3. The van der Waals surface area contributed by atoms with Gasteiger partial charge >= 0.3 is 6.18 Å². The maximum Gasteiger partial charge on any atom is 0.416 e. The zero-order valence-corrected chi connectivity index (χ0v) is 18.3. The van der Waals surface area contributed by atoms with Crippen molar-refractivity contribution in [2.24, 2.45) is 0 Å². The third-order valence-electron chi connectivity index (χ3n) is 5.26. The van der Waals surface area contributed by atoms with Crippen molar-refractivity contribution >= 4 is 17.5 Å². The van der Waals surface area contributed by atoms with E-state index in [9.17, 15) is 22.8 Å². The molecular weight excluding hydrogens is 455 g/mol. The summed E-state index contributed by atoms with van der Waals surface area (Å²) in [6, 6.07) is 23.1. The van der Waals surface area contributed by atoms with Crippen LogP contribution in [0.1, 0.15) is 32.0 Å². The van der Waals surface area contributed by atoms with Crippen molar-refractivity contribution in [1.29, 1.82) is 0 Å². The van der Waals surface area contributed by atoms with Crippen LogP contribution in [0.15, 0.2) is 97.2 Å². The highest BCUT2D eigenvalue weighted by atomic mass is 19.4. The van der Waals surface area contributed by atoms with Crippen LogP contribution in [-0.2, 0) is 12.7 Å². The van der Waals surface area contributed by atoms with Gasteiger partial charge in [0.25, 0.3) is 11.8 Å². The highest BCUT2D eigenvalue weighted by molar-refractivity contribution is 6.09. The summed E-state index contributed by atoms with van der Waals surface area (Å²) in [5, 5.41) is 5.55. The Morgan fingerprint density at radius 2 is 1.46 bits per heavy atom. The van der Waals surface area contributed by atoms with Crippen LogP contribution in [0, 0.1) is 0 Å². The van der Waals surface area contributed by atoms with Crippen LogP contribution < -0.4 is 10.6 Å². The number of hydrogen-bond donors (Lipinski definition) is 2. The lowest BCUT2D eigenvalue weighted by atomic mass is 9.98. The predicted molar refractivity (Wildman–Crippen MR) is 127 cm³/mol. The monoisotopic (exact) mass is 475 g/mol. The first-order valence-corrected chi connectivity index (χ1v) is 10.7. The fourth-order valence-electron chi connectivity index (χ4n) is 3.45. The maximum absolute atomic E-state index is 12.9. The fraction of sp³-hybridized carbons (Fsp3) is 0.0741. The molecule has 4 rings (SSSR count). The summed E-state index contributed by atoms with van der Waals surface area (Å²) in [7, 11) is 0. The standard InChI is InChI=1S/C27H20F3N3O2/c28-27(29,30)20-12-8-18(9-13-20)23-6-1-2-7-24(23)26(35)33-21-14-10-19(11-15-21)25(34)32-17-22-5-3-4-16-31-22/h1-16H,17H2,(H,32,34)(H,33,35). The van der Waals surface area contributed by atoms with Gasteiger partial charge in [-0.3, -0.25) is 14.6 Å². The Labute approximate surface area is 199 Å². The molecule has 4 aromatic rings. The Hall–Kier alpha value is -4.46. The molecule has 0 aliphatic heterocycles. The second kappa shape index (κ2) is 10.2. The molecule has 0 saturated heterocycles. The van der Waals surface area contributed by atoms with E-state index in [-0.39, 0.29) is 5.91 Å². The number of hydrogen-bond acceptors (Lipinski definition) is 3. The molecule has 0 radical (unpaired) electrons. The number of halogens is 3. The van der Waals surface area contributed by atoms with Crippen LogP contribution >= 0.6 is 0 Å². The Morgan fingerprint density at radius 3 is 2.11 bits per heavy atom. The number of nitrogens with one attached hydrogen (secondary N) is 2. The van der Waals surface area contributed by atoms with E-state index in [4.69, 9.17) is 0 Å². The third kappa shape index (κ3) is 5.92. The quantitative estimate of drug-likeness (QED) is 0.362. The lowest BCUT2D eigenvalue weighted by Gasteiger charge is -2.12. The summed E-state index contributed by atoms with van der Waals surface area (Å²) in [6.45, 7) is 0.291. The molecule has 2 amide bonds. The summed E-state index contributed by atoms with van der Waals surface area (Å²) in [5.41, 5.74) is 2.17. The Morgan fingerprint density at radius 1 is 0.771 bits per heavy atom. The van der Waals surface area contributed by atoms with Crippen LogP contribution in [0.3, 0.4) is 0 Å². The summed E-state index contributed by atoms with van der Waals surface area (Å²) >= 11 is 0. The molecule has 0 aliphatic carbocycles. The minimum Gasteiger partial charge on any atom is -0.346 e. The third-order valence-corrected chi connectivity index (χ3v) is 5.26. The zero-order chi connectivity index (χ0) is 24.8. The molecule has 8 heteroatoms. The second-order valence-electron chi connectivity index (χ2n) is 7.66. The minimum absolute atomic E-state index is 0.277. The first kappa shape index (κ1) is 23.7. The van der Waals surface area contributed by atoms with Gasteiger partial charge in [0.05, 0.1) is 17.8 Å². The molecule has 0 fully saturated rings. The number of carbonyl (C=O) groups is 2. The van der Waals surface area contributed by atoms with E-state index in [1.54, 1.807) is 66.9 Å². The van der Waals surface area contributed by atoms with Gasteiger partial charge in [0.1, 0.15) is 0 Å². The summed E-state index contributed by atoms with van der Waals surface area (Å²) in [5.74, 6) is -0.700. The van der Waals surface area contributed by atoms with E-state index >= 15 is 0 Å². The van der Waals surface area contributed by atoms with E-state index in [0.717, 1.165) is 17.8 Å². The molecule has 0 unspecified atom stereocenters. The minimum atomic E-state index is -4.43. The second-order valence-corrected chi connectivity index (χ2v) is 7.66. The summed E-state index contributed by atoms with van der Waals surface area (Å²) in [4.78, 5) is 29.5. The van der Waals surface area contributed by atoms with Crippen LogP contribution in [0.25, 0.3) is 11.1 Å². The highest BCUT2D eigenvalue weighted by Gasteiger charge is 2.30. The van der Waals surface area contributed by atoms with Gasteiger partial charge in [0.15, 0.2) is 0 Å². The zero-order valence-electron chi connectivity index (χ0n) is 18.3. The smallest absolute Gasteiger partial charge is 0.346 e. The molecule has 176 valence electrons. The molecule has 0 aliphatic rings. The largest absolute Gasteiger partial charge is 0.416 e. The molecule has 1 aromatic heterocycles. The van der Waals surface area contributed by atoms with Gasteiger partial charge in [-0.15, -0.1) is 0 Å². The van der Waals surface area contributed by atoms with Crippen LogP contribution in [-0.4, -0.2) is 16.8 Å². The van der Waals surface area contributed by atoms with Gasteiger partial charge in [-0.25, -0.2) is 0 Å². The van der Waals surface area contributed by atoms with Crippen molar-refractivity contribution in [3.8, 4) is 11.1 Å². The van der Waals surface area contributed by atoms with Crippen LogP contribution in [0.5, 0.6) is 0 Å². The van der Waals surface area contributed by atoms with Gasteiger partial charge < -0.3 is 10.6 Å². The Balaban J connectivity index is 1.44. The average molecular weight is 475 g/mol. The van der Waals surface area contributed by atoms with Crippen molar-refractivity contribution in [3.63, 3.8) is 0 Å². The number of carbonyl (C=O) groups excluding carboxylic acids is 2. The van der Waals surface area contributed by atoms with Crippen molar-refractivity contribution in [2.45, 2.75) is 12.7 Å². The van der Waals surface area contributed by atoms with E-state index in [1.165, 1.54) is 12.1 Å².